The standard InChI is InChI=1S/C22H26ClN9O2/c1-15-26-30-32(28-15)14-18-12-19(23)4-2-17(18)3-5-21(33)31-10-7-16(8-11-31)6-9-24-22(34)20-13-25-29-27-20/h2-5,12-13,16H,6-11,14H2,1H3,(H,24,34)(H,25,27,29)/b5-3+. The SMILES string of the molecule is Cc1nnn(Cc2cc(Cl)ccc2/C=C/C(=O)N2CCC(CCNC(=O)c3cn[nH]n3)CC2)n1. The minimum absolute atomic E-state index is 0.0200. The van der Waals surface area contributed by atoms with Crippen LogP contribution in [0.25, 0.3) is 6.08 Å². The number of rotatable bonds is 8. The van der Waals surface area contributed by atoms with Gasteiger partial charge in [-0.25, -0.2) is 0 Å². The Hall–Kier alpha value is -3.60. The Balaban J connectivity index is 1.26. The van der Waals surface area contributed by atoms with E-state index in [9.17, 15) is 9.59 Å². The third-order valence-corrected chi connectivity index (χ3v) is 6.02. The van der Waals surface area contributed by atoms with E-state index in [1.807, 2.05) is 23.1 Å². The van der Waals surface area contributed by atoms with E-state index in [0.29, 0.717) is 42.9 Å². The molecule has 1 fully saturated rings. The first-order valence-corrected chi connectivity index (χ1v) is 11.5. The summed E-state index contributed by atoms with van der Waals surface area (Å²) in [6.07, 6.45) is 7.48. The molecule has 2 amide bonds. The lowest BCUT2D eigenvalue weighted by molar-refractivity contribution is -0.127. The number of benzene rings is 1. The van der Waals surface area contributed by atoms with Crippen LogP contribution in [0.5, 0.6) is 0 Å². The van der Waals surface area contributed by atoms with Crippen LogP contribution in [0, 0.1) is 12.8 Å². The number of aryl methyl sites for hydroxylation is 1. The molecule has 1 aliphatic heterocycles. The number of carbonyl (C=O) groups excluding carboxylic acids is 2. The van der Waals surface area contributed by atoms with E-state index < -0.39 is 0 Å². The van der Waals surface area contributed by atoms with Crippen LogP contribution in [-0.2, 0) is 11.3 Å². The molecular weight excluding hydrogens is 458 g/mol. The molecule has 12 heteroatoms. The lowest BCUT2D eigenvalue weighted by atomic mass is 9.93. The van der Waals surface area contributed by atoms with Gasteiger partial charge in [-0.3, -0.25) is 9.59 Å². The molecule has 0 radical (unpaired) electrons. The summed E-state index contributed by atoms with van der Waals surface area (Å²) in [4.78, 5) is 28.0. The highest BCUT2D eigenvalue weighted by atomic mass is 35.5. The molecular formula is C22H26ClN9O2. The highest BCUT2D eigenvalue weighted by Gasteiger charge is 2.21. The molecule has 4 rings (SSSR count). The summed E-state index contributed by atoms with van der Waals surface area (Å²) < 4.78 is 0. The number of hydrogen-bond acceptors (Lipinski definition) is 7. The Labute approximate surface area is 201 Å². The van der Waals surface area contributed by atoms with Crippen LogP contribution in [0.1, 0.15) is 46.7 Å². The van der Waals surface area contributed by atoms with Gasteiger partial charge < -0.3 is 10.2 Å². The topological polar surface area (TPSA) is 135 Å². The van der Waals surface area contributed by atoms with Crippen molar-refractivity contribution >= 4 is 29.5 Å². The summed E-state index contributed by atoms with van der Waals surface area (Å²) in [7, 11) is 0. The maximum atomic E-state index is 12.8. The number of hydrogen-bond donors (Lipinski definition) is 2. The minimum atomic E-state index is -0.234. The smallest absolute Gasteiger partial charge is 0.273 e. The van der Waals surface area contributed by atoms with Crippen molar-refractivity contribution in [3.05, 3.63) is 58.1 Å². The van der Waals surface area contributed by atoms with Crippen molar-refractivity contribution in [3.63, 3.8) is 0 Å². The van der Waals surface area contributed by atoms with Crippen molar-refractivity contribution in [2.24, 2.45) is 5.92 Å². The number of likely N-dealkylation sites (tertiary alicyclic amines) is 1. The fourth-order valence-corrected chi connectivity index (χ4v) is 4.11. The first-order chi connectivity index (χ1) is 16.5. The quantitative estimate of drug-likeness (QED) is 0.467. The van der Waals surface area contributed by atoms with E-state index in [2.05, 4.69) is 36.1 Å². The molecule has 34 heavy (non-hydrogen) atoms. The number of amides is 2. The second-order valence-corrected chi connectivity index (χ2v) is 8.65. The first-order valence-electron chi connectivity index (χ1n) is 11.1. The first kappa shape index (κ1) is 23.6. The summed E-state index contributed by atoms with van der Waals surface area (Å²) in [5.41, 5.74) is 2.06. The Morgan fingerprint density at radius 1 is 1.29 bits per heavy atom. The Bertz CT molecular complexity index is 1150. The van der Waals surface area contributed by atoms with Gasteiger partial charge in [0.2, 0.25) is 5.91 Å². The Kier molecular flexibility index (Phi) is 7.63. The molecule has 0 spiro atoms. The number of piperidine rings is 1. The predicted molar refractivity (Wildman–Crippen MR) is 125 cm³/mol. The largest absolute Gasteiger partial charge is 0.351 e. The zero-order valence-electron chi connectivity index (χ0n) is 18.8. The molecule has 3 heterocycles. The number of tetrazole rings is 1. The molecule has 0 saturated carbocycles. The maximum absolute atomic E-state index is 12.8. The van der Waals surface area contributed by atoms with Crippen LogP contribution in [0.4, 0.5) is 0 Å². The molecule has 0 unspecified atom stereocenters. The van der Waals surface area contributed by atoms with Crippen LogP contribution < -0.4 is 5.32 Å². The number of nitrogens with zero attached hydrogens (tertiary/aromatic N) is 7. The number of halogens is 1. The number of aromatic nitrogens is 7. The van der Waals surface area contributed by atoms with Gasteiger partial charge in [-0.05, 0) is 66.7 Å². The predicted octanol–water partition coefficient (Wildman–Crippen LogP) is 1.87. The average molecular weight is 484 g/mol. The zero-order chi connectivity index (χ0) is 23.9. The Morgan fingerprint density at radius 2 is 2.12 bits per heavy atom. The summed E-state index contributed by atoms with van der Waals surface area (Å²) >= 11 is 6.17. The van der Waals surface area contributed by atoms with Crippen molar-refractivity contribution in [2.45, 2.75) is 32.7 Å². The van der Waals surface area contributed by atoms with Gasteiger partial charge in [-0.1, -0.05) is 17.7 Å². The average Bonchev–Trinajstić information content (AvgIpc) is 3.51. The normalized spacial score (nSPS) is 14.6. The van der Waals surface area contributed by atoms with E-state index in [0.717, 1.165) is 30.4 Å². The van der Waals surface area contributed by atoms with Gasteiger partial charge in [0.25, 0.3) is 5.91 Å². The molecule has 1 saturated heterocycles. The van der Waals surface area contributed by atoms with E-state index in [4.69, 9.17) is 11.6 Å². The van der Waals surface area contributed by atoms with Crippen LogP contribution in [0.3, 0.4) is 0 Å². The Morgan fingerprint density at radius 3 is 2.82 bits per heavy atom. The second-order valence-electron chi connectivity index (χ2n) is 8.21. The highest BCUT2D eigenvalue weighted by Crippen LogP contribution is 2.21. The summed E-state index contributed by atoms with van der Waals surface area (Å²) in [6, 6.07) is 5.52. The molecule has 1 aromatic carbocycles. The van der Waals surface area contributed by atoms with Crippen molar-refractivity contribution < 1.29 is 9.59 Å². The molecule has 0 bridgehead atoms. The molecule has 2 aromatic heterocycles. The van der Waals surface area contributed by atoms with Crippen molar-refractivity contribution in [1.29, 1.82) is 0 Å². The van der Waals surface area contributed by atoms with Gasteiger partial charge in [-0.2, -0.15) is 20.2 Å². The lowest BCUT2D eigenvalue weighted by Crippen LogP contribution is -2.38. The van der Waals surface area contributed by atoms with Crippen LogP contribution in [0.15, 0.2) is 30.5 Å². The van der Waals surface area contributed by atoms with Crippen molar-refractivity contribution in [2.75, 3.05) is 19.6 Å². The highest BCUT2D eigenvalue weighted by molar-refractivity contribution is 6.30. The minimum Gasteiger partial charge on any atom is -0.351 e. The third kappa shape index (κ3) is 6.25. The number of nitrogens with one attached hydrogen (secondary N) is 2. The molecule has 2 N–H and O–H groups in total. The fraction of sp³-hybridized carbons (Fsp3) is 0.409. The molecule has 178 valence electrons. The molecule has 3 aromatic rings. The third-order valence-electron chi connectivity index (χ3n) is 5.79. The molecule has 0 atom stereocenters. The second kappa shape index (κ2) is 11.0. The molecule has 1 aliphatic rings. The van der Waals surface area contributed by atoms with Crippen molar-refractivity contribution in [3.8, 4) is 0 Å². The summed E-state index contributed by atoms with van der Waals surface area (Å²) in [6.45, 7) is 4.15. The number of carbonyl (C=O) groups is 2. The van der Waals surface area contributed by atoms with E-state index in [1.165, 1.54) is 11.0 Å². The van der Waals surface area contributed by atoms with Gasteiger partial charge >= 0.3 is 0 Å². The summed E-state index contributed by atoms with van der Waals surface area (Å²) in [5, 5.41) is 25.4. The zero-order valence-corrected chi connectivity index (χ0v) is 19.6. The monoisotopic (exact) mass is 483 g/mol. The van der Waals surface area contributed by atoms with Crippen LogP contribution >= 0.6 is 11.6 Å². The van der Waals surface area contributed by atoms with Crippen LogP contribution in [-0.4, -0.2) is 72.0 Å². The summed E-state index contributed by atoms with van der Waals surface area (Å²) in [5.74, 6) is 0.804. The lowest BCUT2D eigenvalue weighted by Gasteiger charge is -2.31. The van der Waals surface area contributed by atoms with Gasteiger partial charge in [0.1, 0.15) is 0 Å². The van der Waals surface area contributed by atoms with Crippen LogP contribution in [0.2, 0.25) is 5.02 Å². The number of H-pyrrole nitrogens is 1. The van der Waals surface area contributed by atoms with E-state index >= 15 is 0 Å². The van der Waals surface area contributed by atoms with Gasteiger partial charge in [0.05, 0.1) is 12.7 Å². The number of aromatic amines is 1. The van der Waals surface area contributed by atoms with Gasteiger partial charge in [-0.15, -0.1) is 10.2 Å². The van der Waals surface area contributed by atoms with E-state index in [-0.39, 0.29) is 17.5 Å². The molecule has 11 nitrogen and oxygen atoms in total. The molecule has 0 aliphatic carbocycles. The maximum Gasteiger partial charge on any atom is 0.273 e. The van der Waals surface area contributed by atoms with E-state index in [1.54, 1.807) is 19.1 Å². The van der Waals surface area contributed by atoms with Gasteiger partial charge in [0.15, 0.2) is 11.5 Å². The fourth-order valence-electron chi connectivity index (χ4n) is 3.92. The van der Waals surface area contributed by atoms with Crippen molar-refractivity contribution in [1.82, 2.24) is 45.8 Å². The van der Waals surface area contributed by atoms with Gasteiger partial charge in [0, 0.05) is 30.7 Å².